The van der Waals surface area contributed by atoms with E-state index in [9.17, 15) is 5.11 Å². The van der Waals surface area contributed by atoms with E-state index in [2.05, 4.69) is 19.9 Å². The van der Waals surface area contributed by atoms with Gasteiger partial charge in [-0.2, -0.15) is 10.1 Å². The maximum atomic E-state index is 9.64. The van der Waals surface area contributed by atoms with Crippen LogP contribution in [0.25, 0.3) is 22.8 Å². The molecule has 0 amide bonds. The third-order valence-corrected chi connectivity index (χ3v) is 4.86. The number of phenols is 1. The molecule has 7 heteroatoms. The standard InChI is InChI=1S/C19H22N4O3/c1-25-12-17-16(11-20-23(17)14-7-3-2-4-8-14)19-21-18(22-26-19)13-6-5-9-15(24)10-13/h5-6,9-11,14,24H,2-4,7-8,12H2,1H3. The summed E-state index contributed by atoms with van der Waals surface area (Å²) in [5.74, 6) is 1.01. The van der Waals surface area contributed by atoms with Crippen LogP contribution in [0.2, 0.25) is 0 Å². The van der Waals surface area contributed by atoms with E-state index in [0.29, 0.717) is 29.9 Å². The van der Waals surface area contributed by atoms with E-state index < -0.39 is 0 Å². The fourth-order valence-corrected chi connectivity index (χ4v) is 3.58. The van der Waals surface area contributed by atoms with Crippen LogP contribution < -0.4 is 0 Å². The minimum Gasteiger partial charge on any atom is -0.508 e. The van der Waals surface area contributed by atoms with Crippen molar-refractivity contribution in [1.82, 2.24) is 19.9 Å². The highest BCUT2D eigenvalue weighted by molar-refractivity contribution is 5.62. The summed E-state index contributed by atoms with van der Waals surface area (Å²) in [5, 5.41) is 18.3. The van der Waals surface area contributed by atoms with Crippen molar-refractivity contribution < 1.29 is 14.4 Å². The van der Waals surface area contributed by atoms with Gasteiger partial charge in [-0.05, 0) is 25.0 Å². The van der Waals surface area contributed by atoms with Crippen molar-refractivity contribution >= 4 is 0 Å². The zero-order valence-electron chi connectivity index (χ0n) is 14.8. The molecule has 4 rings (SSSR count). The number of aromatic hydroxyl groups is 1. The summed E-state index contributed by atoms with van der Waals surface area (Å²) in [5.41, 5.74) is 2.47. The minimum absolute atomic E-state index is 0.166. The van der Waals surface area contributed by atoms with Crippen LogP contribution in [0.4, 0.5) is 0 Å². The highest BCUT2D eigenvalue weighted by Crippen LogP contribution is 2.33. The first-order valence-electron chi connectivity index (χ1n) is 8.95. The topological polar surface area (TPSA) is 86.2 Å². The van der Waals surface area contributed by atoms with Gasteiger partial charge in [-0.25, -0.2) is 0 Å². The van der Waals surface area contributed by atoms with Crippen molar-refractivity contribution in [3.05, 3.63) is 36.2 Å². The average Bonchev–Trinajstić information content (AvgIpc) is 3.30. The van der Waals surface area contributed by atoms with Crippen LogP contribution in [0.15, 0.2) is 35.0 Å². The molecule has 1 aliphatic rings. The maximum Gasteiger partial charge on any atom is 0.261 e. The van der Waals surface area contributed by atoms with Gasteiger partial charge in [-0.15, -0.1) is 0 Å². The molecule has 26 heavy (non-hydrogen) atoms. The molecule has 0 atom stereocenters. The SMILES string of the molecule is COCc1c(-c2nc(-c3cccc(O)c3)no2)cnn1C1CCCCC1. The Morgan fingerprint density at radius 1 is 1.27 bits per heavy atom. The van der Waals surface area contributed by atoms with Crippen molar-refractivity contribution in [3.63, 3.8) is 0 Å². The van der Waals surface area contributed by atoms with E-state index in [1.54, 1.807) is 31.5 Å². The van der Waals surface area contributed by atoms with Crippen LogP contribution in [-0.2, 0) is 11.3 Å². The van der Waals surface area contributed by atoms with Crippen molar-refractivity contribution in [3.8, 4) is 28.6 Å². The molecule has 3 aromatic rings. The molecule has 0 saturated heterocycles. The van der Waals surface area contributed by atoms with Gasteiger partial charge in [0.1, 0.15) is 5.75 Å². The monoisotopic (exact) mass is 354 g/mol. The summed E-state index contributed by atoms with van der Waals surface area (Å²) < 4.78 is 12.9. The average molecular weight is 354 g/mol. The first kappa shape index (κ1) is 16.8. The number of rotatable bonds is 5. The lowest BCUT2D eigenvalue weighted by Crippen LogP contribution is -2.17. The number of ether oxygens (including phenoxy) is 1. The Morgan fingerprint density at radius 3 is 2.88 bits per heavy atom. The van der Waals surface area contributed by atoms with E-state index in [4.69, 9.17) is 9.26 Å². The predicted octanol–water partition coefficient (Wildman–Crippen LogP) is 3.96. The van der Waals surface area contributed by atoms with Crippen LogP contribution in [0, 0.1) is 0 Å². The zero-order valence-corrected chi connectivity index (χ0v) is 14.8. The second kappa shape index (κ2) is 7.29. The second-order valence-corrected chi connectivity index (χ2v) is 6.65. The number of aromatic nitrogens is 4. The Morgan fingerprint density at radius 2 is 2.12 bits per heavy atom. The summed E-state index contributed by atoms with van der Waals surface area (Å²) in [6, 6.07) is 7.19. The van der Waals surface area contributed by atoms with E-state index >= 15 is 0 Å². The summed E-state index contributed by atoms with van der Waals surface area (Å²) in [6.07, 6.45) is 7.80. The molecule has 1 fully saturated rings. The van der Waals surface area contributed by atoms with Crippen molar-refractivity contribution in [1.29, 1.82) is 0 Å². The fourth-order valence-electron chi connectivity index (χ4n) is 3.58. The smallest absolute Gasteiger partial charge is 0.261 e. The highest BCUT2D eigenvalue weighted by atomic mass is 16.5. The molecule has 2 aromatic heterocycles. The van der Waals surface area contributed by atoms with Crippen molar-refractivity contribution in [2.24, 2.45) is 0 Å². The van der Waals surface area contributed by atoms with Crippen molar-refractivity contribution in [2.45, 2.75) is 44.8 Å². The number of hydrogen-bond acceptors (Lipinski definition) is 6. The van der Waals surface area contributed by atoms with Gasteiger partial charge in [0.05, 0.1) is 30.1 Å². The van der Waals surface area contributed by atoms with Gasteiger partial charge in [0.2, 0.25) is 5.82 Å². The molecule has 1 aliphatic carbocycles. The van der Waals surface area contributed by atoms with Crippen LogP contribution in [0.3, 0.4) is 0 Å². The van der Waals surface area contributed by atoms with Gasteiger partial charge < -0.3 is 14.4 Å². The molecule has 0 radical (unpaired) electrons. The Labute approximate surface area is 151 Å². The number of benzene rings is 1. The molecule has 7 nitrogen and oxygen atoms in total. The molecule has 1 aromatic carbocycles. The van der Waals surface area contributed by atoms with E-state index in [1.165, 1.54) is 19.3 Å². The molecule has 0 aliphatic heterocycles. The molecule has 1 saturated carbocycles. The third kappa shape index (κ3) is 3.22. The highest BCUT2D eigenvalue weighted by Gasteiger charge is 2.24. The Balaban J connectivity index is 1.68. The first-order valence-corrected chi connectivity index (χ1v) is 8.95. The van der Waals surface area contributed by atoms with Gasteiger partial charge in [0, 0.05) is 12.7 Å². The summed E-state index contributed by atoms with van der Waals surface area (Å²) in [6.45, 7) is 0.440. The number of nitrogens with zero attached hydrogens (tertiary/aromatic N) is 4. The second-order valence-electron chi connectivity index (χ2n) is 6.65. The predicted molar refractivity (Wildman–Crippen MR) is 95.5 cm³/mol. The Hall–Kier alpha value is -2.67. The normalized spacial score (nSPS) is 15.4. The van der Waals surface area contributed by atoms with Gasteiger partial charge in [-0.3, -0.25) is 4.68 Å². The number of methoxy groups -OCH3 is 1. The largest absolute Gasteiger partial charge is 0.508 e. The van der Waals surface area contributed by atoms with E-state index in [1.807, 2.05) is 6.07 Å². The lowest BCUT2D eigenvalue weighted by Gasteiger charge is -2.24. The lowest BCUT2D eigenvalue weighted by molar-refractivity contribution is 0.171. The van der Waals surface area contributed by atoms with Crippen LogP contribution >= 0.6 is 0 Å². The summed E-state index contributed by atoms with van der Waals surface area (Å²) in [4.78, 5) is 4.50. The molecule has 0 bridgehead atoms. The fraction of sp³-hybridized carbons (Fsp3) is 0.421. The first-order chi connectivity index (χ1) is 12.8. The quantitative estimate of drug-likeness (QED) is 0.746. The lowest BCUT2D eigenvalue weighted by atomic mass is 9.95. The van der Waals surface area contributed by atoms with Crippen LogP contribution in [0.1, 0.15) is 43.8 Å². The van der Waals surface area contributed by atoms with Gasteiger partial charge in [0.15, 0.2) is 0 Å². The van der Waals surface area contributed by atoms with Gasteiger partial charge in [0.25, 0.3) is 5.89 Å². The van der Waals surface area contributed by atoms with E-state index in [0.717, 1.165) is 24.1 Å². The zero-order chi connectivity index (χ0) is 17.9. The maximum absolute atomic E-state index is 9.64. The van der Waals surface area contributed by atoms with Crippen LogP contribution in [0.5, 0.6) is 5.75 Å². The Bertz CT molecular complexity index is 881. The molecular formula is C19H22N4O3. The minimum atomic E-state index is 0.166. The van der Waals surface area contributed by atoms with Gasteiger partial charge in [-0.1, -0.05) is 36.6 Å². The summed E-state index contributed by atoms with van der Waals surface area (Å²) >= 11 is 0. The summed E-state index contributed by atoms with van der Waals surface area (Å²) in [7, 11) is 1.67. The molecule has 2 heterocycles. The molecule has 136 valence electrons. The molecule has 1 N–H and O–H groups in total. The third-order valence-electron chi connectivity index (χ3n) is 4.86. The Kier molecular flexibility index (Phi) is 4.71. The van der Waals surface area contributed by atoms with Gasteiger partial charge >= 0.3 is 0 Å². The van der Waals surface area contributed by atoms with Crippen molar-refractivity contribution in [2.75, 3.05) is 7.11 Å². The van der Waals surface area contributed by atoms with Crippen LogP contribution in [-0.4, -0.2) is 32.1 Å². The molecule has 0 unspecified atom stereocenters. The molecule has 0 spiro atoms. The van der Waals surface area contributed by atoms with E-state index in [-0.39, 0.29) is 5.75 Å². The number of phenolic OH excluding ortho intramolecular Hbond substituents is 1. The number of hydrogen-bond donors (Lipinski definition) is 1. The molecular weight excluding hydrogens is 332 g/mol.